The van der Waals surface area contributed by atoms with Gasteiger partial charge >= 0.3 is 0 Å². The third kappa shape index (κ3) is 6.32. The fraction of sp³-hybridized carbons (Fsp3) is 0.550. The van der Waals surface area contributed by atoms with Gasteiger partial charge in [0.25, 0.3) is 0 Å². The molecular weight excluding hydrogens is 355 g/mol. The number of halogens is 2. The minimum absolute atomic E-state index is 0.0764. The topological polar surface area (TPSA) is 23.6 Å². The molecule has 3 nitrogen and oxygen atoms in total. The number of hydrogen-bond donors (Lipinski definition) is 0. The van der Waals surface area contributed by atoms with E-state index in [-0.39, 0.29) is 5.91 Å². The quantitative estimate of drug-likeness (QED) is 0.647. The maximum absolute atomic E-state index is 12.8. The van der Waals surface area contributed by atoms with Crippen LogP contribution in [0.3, 0.4) is 0 Å². The van der Waals surface area contributed by atoms with Gasteiger partial charge in [-0.2, -0.15) is 0 Å². The van der Waals surface area contributed by atoms with Gasteiger partial charge in [0, 0.05) is 25.2 Å². The van der Waals surface area contributed by atoms with Crippen molar-refractivity contribution in [1.82, 2.24) is 9.80 Å². The molecule has 0 saturated heterocycles. The van der Waals surface area contributed by atoms with E-state index in [1.165, 1.54) is 12.8 Å². The molecule has 1 aliphatic rings. The van der Waals surface area contributed by atoms with E-state index in [1.807, 2.05) is 31.1 Å². The van der Waals surface area contributed by atoms with Crippen molar-refractivity contribution in [2.75, 3.05) is 27.2 Å². The van der Waals surface area contributed by atoms with Crippen LogP contribution in [0.1, 0.15) is 38.2 Å². The van der Waals surface area contributed by atoms with Crippen molar-refractivity contribution in [2.45, 2.75) is 38.6 Å². The van der Waals surface area contributed by atoms with Crippen LogP contribution in [0.2, 0.25) is 10.0 Å². The lowest BCUT2D eigenvalue weighted by molar-refractivity contribution is -0.129. The number of nitrogens with zero attached hydrogens (tertiary/aromatic N) is 2. The molecule has 1 amide bonds. The monoisotopic (exact) mass is 382 g/mol. The van der Waals surface area contributed by atoms with Crippen LogP contribution in [0.4, 0.5) is 0 Å². The molecule has 5 heteroatoms. The van der Waals surface area contributed by atoms with Gasteiger partial charge < -0.3 is 9.80 Å². The van der Waals surface area contributed by atoms with Crippen molar-refractivity contribution in [3.8, 4) is 0 Å². The number of amides is 1. The molecule has 0 spiro atoms. The van der Waals surface area contributed by atoms with Crippen molar-refractivity contribution >= 4 is 35.2 Å². The van der Waals surface area contributed by atoms with Gasteiger partial charge in [-0.3, -0.25) is 4.79 Å². The van der Waals surface area contributed by atoms with Crippen LogP contribution in [0.5, 0.6) is 0 Å². The summed E-state index contributed by atoms with van der Waals surface area (Å²) < 4.78 is 0. The molecule has 0 N–H and O–H groups in total. The summed E-state index contributed by atoms with van der Waals surface area (Å²) >= 11 is 12.0. The Morgan fingerprint density at radius 2 is 1.80 bits per heavy atom. The van der Waals surface area contributed by atoms with E-state index in [0.29, 0.717) is 16.1 Å². The van der Waals surface area contributed by atoms with Crippen molar-refractivity contribution < 1.29 is 4.79 Å². The Balaban J connectivity index is 2.07. The predicted molar refractivity (Wildman–Crippen MR) is 107 cm³/mol. The lowest BCUT2D eigenvalue weighted by Gasteiger charge is -2.36. The molecule has 0 aromatic heterocycles. The van der Waals surface area contributed by atoms with E-state index in [9.17, 15) is 4.79 Å². The van der Waals surface area contributed by atoms with Gasteiger partial charge in [-0.05, 0) is 69.5 Å². The van der Waals surface area contributed by atoms with Gasteiger partial charge in [0.2, 0.25) is 5.91 Å². The van der Waals surface area contributed by atoms with E-state index < -0.39 is 0 Å². The molecule has 0 heterocycles. The lowest BCUT2D eigenvalue weighted by Crippen LogP contribution is -2.44. The first-order valence-electron chi connectivity index (χ1n) is 8.95. The van der Waals surface area contributed by atoms with E-state index in [1.54, 1.807) is 18.2 Å². The first-order chi connectivity index (χ1) is 11.9. The number of benzene rings is 1. The predicted octanol–water partition coefficient (Wildman–Crippen LogP) is 4.98. The number of carbonyl (C=O) groups is 1. The zero-order chi connectivity index (χ0) is 18.4. The summed E-state index contributed by atoms with van der Waals surface area (Å²) in [4.78, 5) is 17.0. The highest BCUT2D eigenvalue weighted by atomic mass is 35.5. The second-order valence-electron chi connectivity index (χ2n) is 7.26. The van der Waals surface area contributed by atoms with Crippen molar-refractivity contribution in [2.24, 2.45) is 5.92 Å². The van der Waals surface area contributed by atoms with Gasteiger partial charge in [-0.15, -0.1) is 0 Å². The maximum atomic E-state index is 12.8. The average Bonchev–Trinajstić information content (AvgIpc) is 2.57. The highest BCUT2D eigenvalue weighted by molar-refractivity contribution is 6.42. The molecular formula is C20H28Cl2N2O. The van der Waals surface area contributed by atoms with Crippen molar-refractivity contribution in [1.29, 1.82) is 0 Å². The second kappa shape index (κ2) is 9.61. The molecule has 1 fully saturated rings. The Kier molecular flexibility index (Phi) is 7.80. The van der Waals surface area contributed by atoms with Crippen LogP contribution in [0.15, 0.2) is 24.3 Å². The fourth-order valence-corrected chi connectivity index (χ4v) is 3.52. The van der Waals surface area contributed by atoms with Crippen LogP contribution in [-0.2, 0) is 4.79 Å². The largest absolute Gasteiger partial charge is 0.335 e. The normalized spacial score (nSPS) is 21.0. The van der Waals surface area contributed by atoms with E-state index in [2.05, 4.69) is 11.8 Å². The fourth-order valence-electron chi connectivity index (χ4n) is 3.21. The second-order valence-corrected chi connectivity index (χ2v) is 8.07. The lowest BCUT2D eigenvalue weighted by atomic mass is 9.86. The van der Waals surface area contributed by atoms with Crippen LogP contribution in [0, 0.1) is 5.92 Å². The summed E-state index contributed by atoms with van der Waals surface area (Å²) in [5, 5.41) is 1.02. The van der Waals surface area contributed by atoms with Gasteiger partial charge in [0.15, 0.2) is 0 Å². The molecule has 1 aromatic carbocycles. The smallest absolute Gasteiger partial charge is 0.246 e. The Morgan fingerprint density at radius 1 is 1.12 bits per heavy atom. The summed E-state index contributed by atoms with van der Waals surface area (Å²) in [5.74, 6) is 0.848. The molecule has 25 heavy (non-hydrogen) atoms. The Bertz CT molecular complexity index is 608. The van der Waals surface area contributed by atoms with Crippen molar-refractivity contribution in [3.63, 3.8) is 0 Å². The molecule has 1 aromatic rings. The first kappa shape index (κ1) is 20.3. The third-order valence-corrected chi connectivity index (χ3v) is 5.60. The van der Waals surface area contributed by atoms with Crippen molar-refractivity contribution in [3.05, 3.63) is 39.9 Å². The van der Waals surface area contributed by atoms with Gasteiger partial charge in [-0.1, -0.05) is 36.2 Å². The highest BCUT2D eigenvalue weighted by Gasteiger charge is 2.26. The molecule has 138 valence electrons. The summed E-state index contributed by atoms with van der Waals surface area (Å²) in [5.41, 5.74) is 0.882. The molecule has 0 radical (unpaired) electrons. The number of rotatable bonds is 6. The van der Waals surface area contributed by atoms with E-state index in [0.717, 1.165) is 37.4 Å². The molecule has 1 aliphatic carbocycles. The Morgan fingerprint density at radius 3 is 2.40 bits per heavy atom. The highest BCUT2D eigenvalue weighted by Crippen LogP contribution is 2.27. The molecule has 1 saturated carbocycles. The van der Waals surface area contributed by atoms with E-state index in [4.69, 9.17) is 23.2 Å². The Labute approximate surface area is 161 Å². The van der Waals surface area contributed by atoms with E-state index >= 15 is 0 Å². The van der Waals surface area contributed by atoms with Gasteiger partial charge in [-0.25, -0.2) is 0 Å². The standard InChI is InChI=1S/C20H28Cl2N2O/c1-15-4-8-17(9-5-15)24(13-12-23(2)3)20(25)11-7-16-6-10-18(21)19(22)14-16/h6-7,10-11,14-15,17H,4-5,8-9,12-13H2,1-3H3/t15-,17-. The summed E-state index contributed by atoms with van der Waals surface area (Å²) in [6, 6.07) is 5.74. The minimum atomic E-state index is 0.0764. The number of hydrogen-bond acceptors (Lipinski definition) is 2. The van der Waals surface area contributed by atoms with Crippen LogP contribution < -0.4 is 0 Å². The van der Waals surface area contributed by atoms with Crippen LogP contribution >= 0.6 is 23.2 Å². The third-order valence-electron chi connectivity index (χ3n) is 4.86. The zero-order valence-corrected chi connectivity index (χ0v) is 16.9. The molecule has 0 aliphatic heterocycles. The SMILES string of the molecule is CN(C)CCN(C(=O)C=Cc1ccc(Cl)c(Cl)c1)[C@H]1CC[C@H](C)CC1. The Hall–Kier alpha value is -1.03. The first-order valence-corrected chi connectivity index (χ1v) is 9.71. The molecule has 0 unspecified atom stereocenters. The number of carbonyl (C=O) groups excluding carboxylic acids is 1. The zero-order valence-electron chi connectivity index (χ0n) is 15.3. The number of likely N-dealkylation sites (N-methyl/N-ethyl adjacent to an activating group) is 1. The average molecular weight is 383 g/mol. The maximum Gasteiger partial charge on any atom is 0.246 e. The van der Waals surface area contributed by atoms with Crippen LogP contribution in [-0.4, -0.2) is 48.9 Å². The van der Waals surface area contributed by atoms with Gasteiger partial charge in [0.05, 0.1) is 10.0 Å². The van der Waals surface area contributed by atoms with Crippen LogP contribution in [0.25, 0.3) is 6.08 Å². The van der Waals surface area contributed by atoms with Gasteiger partial charge in [0.1, 0.15) is 0 Å². The summed E-state index contributed by atoms with van der Waals surface area (Å²) in [6.07, 6.45) is 8.08. The minimum Gasteiger partial charge on any atom is -0.335 e. The molecule has 2 rings (SSSR count). The summed E-state index contributed by atoms with van der Waals surface area (Å²) in [7, 11) is 4.08. The summed E-state index contributed by atoms with van der Waals surface area (Å²) in [6.45, 7) is 3.93. The molecule has 0 atom stereocenters. The molecule has 0 bridgehead atoms.